The van der Waals surface area contributed by atoms with E-state index in [1.165, 1.54) is 10.4 Å². The quantitative estimate of drug-likeness (QED) is 0.533. The van der Waals surface area contributed by atoms with Gasteiger partial charge in [0.2, 0.25) is 0 Å². The molecule has 0 aliphatic rings. The van der Waals surface area contributed by atoms with E-state index in [2.05, 4.69) is 35.0 Å². The van der Waals surface area contributed by atoms with Crippen molar-refractivity contribution >= 4 is 11.3 Å². The maximum absolute atomic E-state index is 5.94. The third-order valence-corrected chi connectivity index (χ3v) is 4.93. The number of hydrogen-bond acceptors (Lipinski definition) is 5. The molecule has 5 heteroatoms. The van der Waals surface area contributed by atoms with E-state index < -0.39 is 0 Å². The molecule has 2 aromatic carbocycles. The molecule has 3 rings (SSSR count). The van der Waals surface area contributed by atoms with Crippen LogP contribution in [0.3, 0.4) is 0 Å². The lowest BCUT2D eigenvalue weighted by atomic mass is 10.2. The van der Waals surface area contributed by atoms with E-state index in [0.717, 1.165) is 35.9 Å². The number of methoxy groups -OCH3 is 1. The van der Waals surface area contributed by atoms with Crippen molar-refractivity contribution in [3.05, 3.63) is 76.0 Å². The predicted molar refractivity (Wildman–Crippen MR) is 110 cm³/mol. The molecule has 3 aromatic rings. The minimum atomic E-state index is 0.562. The molecule has 1 heterocycles. The number of ether oxygens (including phenoxy) is 3. The number of rotatable bonds is 10. The molecule has 1 aromatic heterocycles. The summed E-state index contributed by atoms with van der Waals surface area (Å²) in [5, 5.41) is 5.52. The van der Waals surface area contributed by atoms with Gasteiger partial charge in [-0.25, -0.2) is 0 Å². The summed E-state index contributed by atoms with van der Waals surface area (Å²) < 4.78 is 16.9. The van der Waals surface area contributed by atoms with Crippen molar-refractivity contribution in [2.75, 3.05) is 13.7 Å². The number of nitrogens with one attached hydrogen (secondary N) is 1. The third-order valence-electron chi connectivity index (χ3n) is 4.08. The fourth-order valence-electron chi connectivity index (χ4n) is 2.69. The maximum Gasteiger partial charge on any atom is 0.161 e. The highest BCUT2D eigenvalue weighted by atomic mass is 32.1. The van der Waals surface area contributed by atoms with Gasteiger partial charge < -0.3 is 19.5 Å². The minimum absolute atomic E-state index is 0.562. The average Bonchev–Trinajstić information content (AvgIpc) is 3.22. The van der Waals surface area contributed by atoms with Crippen molar-refractivity contribution in [1.82, 2.24) is 5.32 Å². The molecule has 0 aliphatic heterocycles. The first-order valence-corrected chi connectivity index (χ1v) is 9.91. The van der Waals surface area contributed by atoms with Gasteiger partial charge in [0.25, 0.3) is 0 Å². The second-order valence-electron chi connectivity index (χ2n) is 6.03. The lowest BCUT2D eigenvalue weighted by Gasteiger charge is -2.13. The summed E-state index contributed by atoms with van der Waals surface area (Å²) in [6, 6.07) is 18.3. The fraction of sp³-hybridized carbons (Fsp3) is 0.273. The van der Waals surface area contributed by atoms with E-state index in [0.29, 0.717) is 13.2 Å². The molecular formula is C22H25NO3S. The topological polar surface area (TPSA) is 39.7 Å². The van der Waals surface area contributed by atoms with E-state index in [9.17, 15) is 0 Å². The predicted octanol–water partition coefficient (Wildman–Crippen LogP) is 5.02. The van der Waals surface area contributed by atoms with Crippen molar-refractivity contribution in [2.24, 2.45) is 0 Å². The van der Waals surface area contributed by atoms with Gasteiger partial charge in [-0.05, 0) is 53.8 Å². The molecule has 0 aliphatic carbocycles. The van der Waals surface area contributed by atoms with Gasteiger partial charge in [-0.15, -0.1) is 11.3 Å². The normalized spacial score (nSPS) is 10.6. The monoisotopic (exact) mass is 383 g/mol. The SMILES string of the molecule is CCOc1cc(CNCc2ccc(OC)cc2)ccc1OCc1cccs1. The highest BCUT2D eigenvalue weighted by molar-refractivity contribution is 7.09. The molecule has 0 saturated heterocycles. The maximum atomic E-state index is 5.94. The van der Waals surface area contributed by atoms with Crippen LogP contribution in [0.4, 0.5) is 0 Å². The Labute approximate surface area is 164 Å². The van der Waals surface area contributed by atoms with Gasteiger partial charge >= 0.3 is 0 Å². The molecule has 0 fully saturated rings. The van der Waals surface area contributed by atoms with Gasteiger partial charge in [0.05, 0.1) is 13.7 Å². The molecule has 0 unspecified atom stereocenters. The molecule has 4 nitrogen and oxygen atoms in total. The Bertz CT molecular complexity index is 816. The zero-order chi connectivity index (χ0) is 18.9. The molecule has 142 valence electrons. The lowest BCUT2D eigenvalue weighted by molar-refractivity contribution is 0.271. The molecule has 0 atom stereocenters. The Hall–Kier alpha value is -2.50. The van der Waals surface area contributed by atoms with Gasteiger partial charge in [-0.2, -0.15) is 0 Å². The lowest BCUT2D eigenvalue weighted by Crippen LogP contribution is -2.12. The standard InChI is InChI=1S/C22H25NO3S/c1-3-25-22-13-18(8-11-21(22)26-16-20-5-4-12-27-20)15-23-14-17-6-9-19(24-2)10-7-17/h4-13,23H,3,14-16H2,1-2H3. The van der Waals surface area contributed by atoms with Crippen LogP contribution in [-0.2, 0) is 19.7 Å². The van der Waals surface area contributed by atoms with Gasteiger partial charge in [0.15, 0.2) is 11.5 Å². The first-order chi connectivity index (χ1) is 13.3. The van der Waals surface area contributed by atoms with Crippen molar-refractivity contribution in [3.63, 3.8) is 0 Å². The Morgan fingerprint density at radius 3 is 2.37 bits per heavy atom. The van der Waals surface area contributed by atoms with Gasteiger partial charge in [0.1, 0.15) is 12.4 Å². The number of benzene rings is 2. The van der Waals surface area contributed by atoms with Crippen LogP contribution < -0.4 is 19.5 Å². The van der Waals surface area contributed by atoms with E-state index in [-0.39, 0.29) is 0 Å². The summed E-state index contributed by atoms with van der Waals surface area (Å²) >= 11 is 1.69. The average molecular weight is 384 g/mol. The van der Waals surface area contributed by atoms with Crippen LogP contribution in [0.5, 0.6) is 17.2 Å². The van der Waals surface area contributed by atoms with E-state index in [1.807, 2.05) is 37.3 Å². The van der Waals surface area contributed by atoms with Crippen molar-refractivity contribution in [3.8, 4) is 17.2 Å². The second kappa shape index (κ2) is 10.00. The van der Waals surface area contributed by atoms with Gasteiger partial charge in [-0.1, -0.05) is 24.3 Å². The second-order valence-corrected chi connectivity index (χ2v) is 7.07. The van der Waals surface area contributed by atoms with Crippen LogP contribution in [0.1, 0.15) is 22.9 Å². The summed E-state index contributed by atoms with van der Waals surface area (Å²) in [5.74, 6) is 2.44. The molecule has 0 spiro atoms. The van der Waals surface area contributed by atoms with E-state index >= 15 is 0 Å². The van der Waals surface area contributed by atoms with Crippen molar-refractivity contribution in [1.29, 1.82) is 0 Å². The van der Waals surface area contributed by atoms with E-state index in [1.54, 1.807) is 18.4 Å². The molecule has 0 bridgehead atoms. The van der Waals surface area contributed by atoms with E-state index in [4.69, 9.17) is 14.2 Å². The largest absolute Gasteiger partial charge is 0.497 e. The Morgan fingerprint density at radius 2 is 1.67 bits per heavy atom. The summed E-state index contributed by atoms with van der Waals surface area (Å²) in [5.41, 5.74) is 2.38. The zero-order valence-corrected chi connectivity index (χ0v) is 16.6. The molecule has 27 heavy (non-hydrogen) atoms. The molecular weight excluding hydrogens is 358 g/mol. The highest BCUT2D eigenvalue weighted by Crippen LogP contribution is 2.29. The Morgan fingerprint density at radius 1 is 0.889 bits per heavy atom. The van der Waals surface area contributed by atoms with Crippen LogP contribution in [0, 0.1) is 0 Å². The summed E-state index contributed by atoms with van der Waals surface area (Å²) in [6.07, 6.45) is 0. The summed E-state index contributed by atoms with van der Waals surface area (Å²) in [6.45, 7) is 4.71. The van der Waals surface area contributed by atoms with Gasteiger partial charge in [-0.3, -0.25) is 0 Å². The smallest absolute Gasteiger partial charge is 0.161 e. The number of hydrogen-bond donors (Lipinski definition) is 1. The van der Waals surface area contributed by atoms with Crippen molar-refractivity contribution in [2.45, 2.75) is 26.6 Å². The first-order valence-electron chi connectivity index (χ1n) is 9.03. The van der Waals surface area contributed by atoms with Crippen LogP contribution >= 0.6 is 11.3 Å². The van der Waals surface area contributed by atoms with Crippen molar-refractivity contribution < 1.29 is 14.2 Å². The van der Waals surface area contributed by atoms with Crippen LogP contribution in [0.15, 0.2) is 60.0 Å². The minimum Gasteiger partial charge on any atom is -0.497 e. The molecule has 1 N–H and O–H groups in total. The Kier molecular flexibility index (Phi) is 7.13. The number of thiophene rings is 1. The third kappa shape index (κ3) is 5.74. The fourth-order valence-corrected chi connectivity index (χ4v) is 3.30. The summed E-state index contributed by atoms with van der Waals surface area (Å²) in [7, 11) is 1.68. The van der Waals surface area contributed by atoms with Crippen LogP contribution in [-0.4, -0.2) is 13.7 Å². The summed E-state index contributed by atoms with van der Waals surface area (Å²) in [4.78, 5) is 1.20. The molecule has 0 saturated carbocycles. The molecule has 0 radical (unpaired) electrons. The Balaban J connectivity index is 1.57. The van der Waals surface area contributed by atoms with Crippen LogP contribution in [0.2, 0.25) is 0 Å². The zero-order valence-electron chi connectivity index (χ0n) is 15.7. The molecule has 0 amide bonds. The first kappa shape index (κ1) is 19.3. The highest BCUT2D eigenvalue weighted by Gasteiger charge is 2.07. The van der Waals surface area contributed by atoms with Crippen LogP contribution in [0.25, 0.3) is 0 Å². The van der Waals surface area contributed by atoms with Gasteiger partial charge in [0, 0.05) is 18.0 Å².